The van der Waals surface area contributed by atoms with Gasteiger partial charge in [-0.25, -0.2) is 0 Å². The highest BCUT2D eigenvalue weighted by molar-refractivity contribution is 5.91. The van der Waals surface area contributed by atoms with Crippen molar-refractivity contribution in [2.75, 3.05) is 0 Å². The molecule has 0 saturated heterocycles. The highest BCUT2D eigenvalue weighted by Crippen LogP contribution is 1.67. The molecule has 0 saturated carbocycles. The van der Waals surface area contributed by atoms with Crippen LogP contribution in [0.1, 0.15) is 6.42 Å². The lowest BCUT2D eigenvalue weighted by Gasteiger charge is -1.92. The summed E-state index contributed by atoms with van der Waals surface area (Å²) in [5, 5.41) is 9.40. The zero-order valence-electron chi connectivity index (χ0n) is 3.51. The van der Waals surface area contributed by atoms with E-state index in [1.807, 2.05) is 0 Å². The molecule has 0 bridgehead atoms. The Bertz CT molecular complexity index is 86.4. The van der Waals surface area contributed by atoms with Crippen LogP contribution >= 0.6 is 0 Å². The minimum atomic E-state index is -1.44. The molecular weight excluding hydrogens is 98.0 g/mol. The van der Waals surface area contributed by atoms with Crippen molar-refractivity contribution in [1.29, 1.82) is 0 Å². The molecule has 0 aromatic heterocycles. The molecule has 40 valence electrons. The topological polar surface area (TPSA) is 83.2 Å². The minimum Gasteiger partial charge on any atom is -0.550 e. The molecule has 0 aromatic rings. The summed E-state index contributed by atoms with van der Waals surface area (Å²) in [5.74, 6) is -2.31. The lowest BCUT2D eigenvalue weighted by Crippen LogP contribution is -2.28. The van der Waals surface area contributed by atoms with Crippen molar-refractivity contribution >= 4 is 11.9 Å². The predicted molar refractivity (Wildman–Crippen MR) is 18.8 cm³/mol. The van der Waals surface area contributed by atoms with Gasteiger partial charge in [0.2, 0.25) is 5.91 Å². The Morgan fingerprint density at radius 1 is 1.57 bits per heavy atom. The molecule has 4 heteroatoms. The number of nitrogens with two attached hydrogens (primary N) is 1. The number of carbonyl (C=O) groups excluding carboxylic acids is 2. The first-order chi connectivity index (χ1) is 3.13. The van der Waals surface area contributed by atoms with Crippen molar-refractivity contribution in [3.63, 3.8) is 0 Å². The summed E-state index contributed by atoms with van der Waals surface area (Å²) in [6, 6.07) is 0. The molecular formula is C3H4NO3-. The van der Waals surface area contributed by atoms with E-state index in [1.54, 1.807) is 0 Å². The summed E-state index contributed by atoms with van der Waals surface area (Å²) in [7, 11) is 0. The molecule has 0 rings (SSSR count). The molecule has 0 aliphatic heterocycles. The summed E-state index contributed by atoms with van der Waals surface area (Å²) in [6.45, 7) is 0. The molecule has 1 amide bonds. The van der Waals surface area contributed by atoms with E-state index < -0.39 is 18.3 Å². The number of hydrogen-bond donors (Lipinski definition) is 1. The van der Waals surface area contributed by atoms with Crippen molar-refractivity contribution < 1.29 is 14.7 Å². The van der Waals surface area contributed by atoms with Crippen molar-refractivity contribution in [2.45, 2.75) is 6.42 Å². The lowest BCUT2D eigenvalue weighted by atomic mass is 10.4. The summed E-state index contributed by atoms with van der Waals surface area (Å²) < 4.78 is 0. The average molecular weight is 102 g/mol. The van der Waals surface area contributed by atoms with E-state index in [0.29, 0.717) is 0 Å². The lowest BCUT2D eigenvalue weighted by molar-refractivity contribution is -0.304. The van der Waals surface area contributed by atoms with Gasteiger partial charge >= 0.3 is 0 Å². The Morgan fingerprint density at radius 2 is 2.00 bits per heavy atom. The number of amides is 1. The van der Waals surface area contributed by atoms with Crippen LogP contribution < -0.4 is 10.8 Å². The molecule has 0 radical (unpaired) electrons. The largest absolute Gasteiger partial charge is 0.550 e. The number of aliphatic carboxylic acids is 1. The van der Waals surface area contributed by atoms with Crippen LogP contribution in [0.2, 0.25) is 0 Å². The maximum Gasteiger partial charge on any atom is 0.223 e. The molecule has 0 unspecified atom stereocenters. The van der Waals surface area contributed by atoms with Gasteiger partial charge in [0.25, 0.3) is 0 Å². The van der Waals surface area contributed by atoms with Crippen LogP contribution in [0.15, 0.2) is 0 Å². The first-order valence-corrected chi connectivity index (χ1v) is 1.61. The van der Waals surface area contributed by atoms with Gasteiger partial charge in [0, 0.05) is 0 Å². The van der Waals surface area contributed by atoms with Gasteiger partial charge in [-0.05, 0) is 0 Å². The second-order valence-electron chi connectivity index (χ2n) is 1.02. The molecule has 0 atom stereocenters. The van der Waals surface area contributed by atoms with E-state index in [2.05, 4.69) is 5.73 Å². The summed E-state index contributed by atoms with van der Waals surface area (Å²) in [4.78, 5) is 19.0. The number of primary amides is 1. The zero-order valence-corrected chi connectivity index (χ0v) is 3.51. The van der Waals surface area contributed by atoms with E-state index in [-0.39, 0.29) is 0 Å². The van der Waals surface area contributed by atoms with Crippen LogP contribution in [0.25, 0.3) is 0 Å². The van der Waals surface area contributed by atoms with E-state index in [4.69, 9.17) is 0 Å². The van der Waals surface area contributed by atoms with Crippen LogP contribution in [0.3, 0.4) is 0 Å². The fourth-order valence-corrected chi connectivity index (χ4v) is 0.142. The van der Waals surface area contributed by atoms with Gasteiger partial charge in [-0.2, -0.15) is 0 Å². The maximum absolute atomic E-state index is 9.61. The van der Waals surface area contributed by atoms with Crippen molar-refractivity contribution in [1.82, 2.24) is 0 Å². The van der Waals surface area contributed by atoms with Gasteiger partial charge in [0.15, 0.2) is 0 Å². The summed E-state index contributed by atoms with van der Waals surface area (Å²) >= 11 is 0. The van der Waals surface area contributed by atoms with Gasteiger partial charge in [0.05, 0.1) is 12.4 Å². The maximum atomic E-state index is 9.61. The van der Waals surface area contributed by atoms with E-state index in [1.165, 1.54) is 0 Å². The SMILES string of the molecule is NC(=O)CC(=O)[O-]. The third-order valence-electron chi connectivity index (χ3n) is 0.319. The molecule has 7 heavy (non-hydrogen) atoms. The van der Waals surface area contributed by atoms with Crippen LogP contribution in [0.4, 0.5) is 0 Å². The third kappa shape index (κ3) is 4.94. The highest BCUT2D eigenvalue weighted by atomic mass is 16.4. The fourth-order valence-electron chi connectivity index (χ4n) is 0.142. The molecule has 0 fully saturated rings. The molecule has 4 nitrogen and oxygen atoms in total. The number of rotatable bonds is 2. The smallest absolute Gasteiger partial charge is 0.223 e. The van der Waals surface area contributed by atoms with Gasteiger partial charge in [-0.15, -0.1) is 0 Å². The van der Waals surface area contributed by atoms with Crippen LogP contribution in [-0.2, 0) is 9.59 Å². The third-order valence-corrected chi connectivity index (χ3v) is 0.319. The van der Waals surface area contributed by atoms with Crippen molar-refractivity contribution in [3.05, 3.63) is 0 Å². The zero-order chi connectivity index (χ0) is 5.86. The van der Waals surface area contributed by atoms with Gasteiger partial charge in [-0.3, -0.25) is 4.79 Å². The van der Waals surface area contributed by atoms with E-state index in [9.17, 15) is 14.7 Å². The second kappa shape index (κ2) is 2.17. The Labute approximate surface area is 39.9 Å². The average Bonchev–Trinajstić information content (AvgIpc) is 1.27. The normalized spacial score (nSPS) is 8.00. The molecule has 0 spiro atoms. The van der Waals surface area contributed by atoms with Crippen LogP contribution in [0, 0.1) is 0 Å². The first-order valence-electron chi connectivity index (χ1n) is 1.61. The van der Waals surface area contributed by atoms with Gasteiger partial charge < -0.3 is 15.6 Å². The Kier molecular flexibility index (Phi) is 1.84. The predicted octanol–water partition coefficient (Wildman–Crippen LogP) is -2.39. The highest BCUT2D eigenvalue weighted by Gasteiger charge is 1.89. The Morgan fingerprint density at radius 3 is 2.00 bits per heavy atom. The van der Waals surface area contributed by atoms with Crippen molar-refractivity contribution in [3.8, 4) is 0 Å². The summed E-state index contributed by atoms with van der Waals surface area (Å²) in [6.07, 6.45) is -0.694. The number of carboxylic acid groups (broad SMARTS) is 1. The standard InChI is InChI=1S/C3H5NO3/c4-2(5)1-3(6)7/h1H2,(H2,4,5)(H,6,7)/p-1. The number of carboxylic acids is 1. The molecule has 0 aliphatic carbocycles. The Hall–Kier alpha value is -1.06. The van der Waals surface area contributed by atoms with Gasteiger partial charge in [-0.1, -0.05) is 0 Å². The number of carbonyl (C=O) groups is 2. The fraction of sp³-hybridized carbons (Fsp3) is 0.333. The van der Waals surface area contributed by atoms with Crippen molar-refractivity contribution in [2.24, 2.45) is 5.73 Å². The Balaban J connectivity index is 3.32. The molecule has 2 N–H and O–H groups in total. The molecule has 0 aromatic carbocycles. The van der Waals surface area contributed by atoms with Gasteiger partial charge in [0.1, 0.15) is 0 Å². The molecule has 0 aliphatic rings. The van der Waals surface area contributed by atoms with Crippen LogP contribution in [-0.4, -0.2) is 11.9 Å². The monoisotopic (exact) mass is 102 g/mol. The second-order valence-corrected chi connectivity index (χ2v) is 1.02. The quantitative estimate of drug-likeness (QED) is 0.395. The first kappa shape index (κ1) is 5.94. The minimum absolute atomic E-state index is 0.694. The van der Waals surface area contributed by atoms with E-state index in [0.717, 1.165) is 0 Å². The molecule has 0 heterocycles. The van der Waals surface area contributed by atoms with E-state index >= 15 is 0 Å². The van der Waals surface area contributed by atoms with Crippen LogP contribution in [0.5, 0.6) is 0 Å². The summed E-state index contributed by atoms with van der Waals surface area (Å²) in [5.41, 5.74) is 4.43. The number of hydrogen-bond acceptors (Lipinski definition) is 3.